The van der Waals surface area contributed by atoms with Gasteiger partial charge < -0.3 is 38.2 Å². The third-order valence-corrected chi connectivity index (χ3v) is 7.15. The van der Waals surface area contributed by atoms with Gasteiger partial charge in [0.15, 0.2) is 23.0 Å². The van der Waals surface area contributed by atoms with Crippen LogP contribution >= 0.6 is 0 Å². The van der Waals surface area contributed by atoms with E-state index in [4.69, 9.17) is 28.4 Å². The van der Waals surface area contributed by atoms with Crippen molar-refractivity contribution < 1.29 is 38.0 Å². The minimum atomic E-state index is -0.179. The van der Waals surface area contributed by atoms with E-state index in [2.05, 4.69) is 0 Å². The molecule has 2 amide bonds. The normalized spacial score (nSPS) is 13.3. The zero-order chi connectivity index (χ0) is 30.2. The molecule has 0 N–H and O–H groups in total. The first-order chi connectivity index (χ1) is 20.4. The fourth-order valence-corrected chi connectivity index (χ4v) is 4.84. The van der Waals surface area contributed by atoms with Crippen LogP contribution in [0, 0.1) is 0 Å². The van der Waals surface area contributed by atoms with Gasteiger partial charge in [0.1, 0.15) is 5.75 Å². The summed E-state index contributed by atoms with van der Waals surface area (Å²) in [7, 11) is 9.28. The second kappa shape index (κ2) is 13.7. The van der Waals surface area contributed by atoms with Crippen LogP contribution in [0.5, 0.6) is 34.5 Å². The number of carbonyl (C=O) groups is 2. The number of carbonyl (C=O) groups excluding carboxylic acids is 2. The third-order valence-electron chi connectivity index (χ3n) is 7.15. The van der Waals surface area contributed by atoms with Gasteiger partial charge in [0.25, 0.3) is 5.91 Å². The Labute approximate surface area is 245 Å². The Morgan fingerprint density at radius 2 is 1.10 bits per heavy atom. The highest BCUT2D eigenvalue weighted by molar-refractivity contribution is 6.00. The van der Waals surface area contributed by atoms with Crippen molar-refractivity contribution in [3.63, 3.8) is 0 Å². The van der Waals surface area contributed by atoms with Crippen LogP contribution in [0.1, 0.15) is 21.5 Å². The topological polar surface area (TPSA) is 96.0 Å². The molecule has 0 bridgehead atoms. The average molecular weight is 577 g/mol. The highest BCUT2D eigenvalue weighted by atomic mass is 16.5. The number of piperazine rings is 1. The van der Waals surface area contributed by atoms with Crippen LogP contribution in [0.2, 0.25) is 0 Å². The summed E-state index contributed by atoms with van der Waals surface area (Å²) in [5.74, 6) is 2.75. The first-order valence-electron chi connectivity index (χ1n) is 13.3. The molecule has 222 valence electrons. The minimum Gasteiger partial charge on any atom is -0.497 e. The predicted octanol–water partition coefficient (Wildman–Crippen LogP) is 4.15. The molecule has 0 aliphatic carbocycles. The van der Waals surface area contributed by atoms with Crippen LogP contribution < -0.4 is 28.4 Å². The van der Waals surface area contributed by atoms with Crippen molar-refractivity contribution in [3.8, 4) is 34.5 Å². The number of hydrogen-bond donors (Lipinski definition) is 0. The van der Waals surface area contributed by atoms with Crippen molar-refractivity contribution in [3.05, 3.63) is 77.4 Å². The molecule has 0 unspecified atom stereocenters. The molecule has 0 saturated carbocycles. The summed E-state index contributed by atoms with van der Waals surface area (Å²) in [4.78, 5) is 30.4. The van der Waals surface area contributed by atoms with Gasteiger partial charge in [-0.15, -0.1) is 0 Å². The lowest BCUT2D eigenvalue weighted by atomic mass is 9.96. The van der Waals surface area contributed by atoms with Crippen LogP contribution in [0.3, 0.4) is 0 Å². The molecule has 0 spiro atoms. The van der Waals surface area contributed by atoms with E-state index < -0.39 is 0 Å². The Kier molecular flexibility index (Phi) is 9.80. The Bertz CT molecular complexity index is 1420. The zero-order valence-electron chi connectivity index (χ0n) is 24.8. The Morgan fingerprint density at radius 1 is 0.571 bits per heavy atom. The van der Waals surface area contributed by atoms with Gasteiger partial charge >= 0.3 is 0 Å². The lowest BCUT2D eigenvalue weighted by Crippen LogP contribution is -2.50. The molecule has 3 aromatic carbocycles. The van der Waals surface area contributed by atoms with Gasteiger partial charge in [-0.25, -0.2) is 0 Å². The number of methoxy groups -OCH3 is 6. The standard InChI is InChI=1S/C32H36N2O8/c1-37-24-10-7-21(8-11-24)25(22-9-12-26(38-2)27(17-22)39-3)20-30(35)33-13-15-34(16-14-33)32(36)23-18-28(40-4)31(42-6)29(19-23)41-5/h7-12,17-20H,13-16H2,1-6H3/b25-20-. The summed E-state index contributed by atoms with van der Waals surface area (Å²) in [5.41, 5.74) is 2.77. The number of rotatable bonds is 10. The molecule has 4 rings (SSSR count). The van der Waals surface area contributed by atoms with E-state index >= 15 is 0 Å². The number of benzene rings is 3. The smallest absolute Gasteiger partial charge is 0.254 e. The molecule has 10 nitrogen and oxygen atoms in total. The van der Waals surface area contributed by atoms with Gasteiger partial charge in [0, 0.05) is 37.8 Å². The molecular formula is C32H36N2O8. The summed E-state index contributed by atoms with van der Waals surface area (Å²) in [5, 5.41) is 0. The monoisotopic (exact) mass is 576 g/mol. The second-order valence-corrected chi connectivity index (χ2v) is 9.39. The van der Waals surface area contributed by atoms with E-state index in [0.717, 1.165) is 16.7 Å². The van der Waals surface area contributed by atoms with Crippen molar-refractivity contribution in [1.29, 1.82) is 0 Å². The molecule has 1 fully saturated rings. The van der Waals surface area contributed by atoms with Crippen molar-refractivity contribution in [1.82, 2.24) is 9.80 Å². The number of hydrogen-bond acceptors (Lipinski definition) is 8. The molecule has 1 saturated heterocycles. The maximum atomic E-state index is 13.6. The van der Waals surface area contributed by atoms with E-state index in [9.17, 15) is 9.59 Å². The average Bonchev–Trinajstić information content (AvgIpc) is 3.05. The Morgan fingerprint density at radius 3 is 1.62 bits per heavy atom. The molecule has 42 heavy (non-hydrogen) atoms. The van der Waals surface area contributed by atoms with Crippen LogP contribution in [0.25, 0.3) is 5.57 Å². The number of nitrogens with zero attached hydrogens (tertiary/aromatic N) is 2. The van der Waals surface area contributed by atoms with Crippen molar-refractivity contribution in [2.75, 3.05) is 68.8 Å². The molecule has 1 aliphatic rings. The zero-order valence-corrected chi connectivity index (χ0v) is 24.8. The summed E-state index contributed by atoms with van der Waals surface area (Å²) in [6, 6.07) is 16.3. The van der Waals surface area contributed by atoms with E-state index in [1.165, 1.54) is 21.3 Å². The molecule has 10 heteroatoms. The van der Waals surface area contributed by atoms with E-state index in [-0.39, 0.29) is 11.8 Å². The van der Waals surface area contributed by atoms with Crippen LogP contribution in [-0.2, 0) is 4.79 Å². The molecule has 3 aromatic rings. The molecule has 0 aromatic heterocycles. The summed E-state index contributed by atoms with van der Waals surface area (Å²) in [6.45, 7) is 1.52. The number of amides is 2. The number of ether oxygens (including phenoxy) is 6. The molecule has 1 heterocycles. The fourth-order valence-electron chi connectivity index (χ4n) is 4.84. The molecule has 1 aliphatic heterocycles. The van der Waals surface area contributed by atoms with E-state index in [0.29, 0.717) is 66.2 Å². The summed E-state index contributed by atoms with van der Waals surface area (Å²) >= 11 is 0. The first kappa shape index (κ1) is 30.1. The van der Waals surface area contributed by atoms with Gasteiger partial charge in [-0.3, -0.25) is 9.59 Å². The van der Waals surface area contributed by atoms with E-state index in [1.54, 1.807) is 49.3 Å². The van der Waals surface area contributed by atoms with Gasteiger partial charge in [0.2, 0.25) is 11.7 Å². The quantitative estimate of drug-likeness (QED) is 0.332. The first-order valence-corrected chi connectivity index (χ1v) is 13.3. The van der Waals surface area contributed by atoms with Crippen LogP contribution in [-0.4, -0.2) is 90.5 Å². The molecular weight excluding hydrogens is 540 g/mol. The van der Waals surface area contributed by atoms with Gasteiger partial charge in [-0.1, -0.05) is 18.2 Å². The third kappa shape index (κ3) is 6.38. The lowest BCUT2D eigenvalue weighted by Gasteiger charge is -2.34. The highest BCUT2D eigenvalue weighted by Gasteiger charge is 2.26. The van der Waals surface area contributed by atoms with Gasteiger partial charge in [0.05, 0.1) is 42.7 Å². The second-order valence-electron chi connectivity index (χ2n) is 9.39. The van der Waals surface area contributed by atoms with Crippen molar-refractivity contribution in [2.45, 2.75) is 0 Å². The predicted molar refractivity (Wildman–Crippen MR) is 158 cm³/mol. The molecule has 0 atom stereocenters. The van der Waals surface area contributed by atoms with Gasteiger partial charge in [-0.05, 0) is 53.1 Å². The highest BCUT2D eigenvalue weighted by Crippen LogP contribution is 2.38. The lowest BCUT2D eigenvalue weighted by molar-refractivity contribution is -0.127. The van der Waals surface area contributed by atoms with Gasteiger partial charge in [-0.2, -0.15) is 0 Å². The largest absolute Gasteiger partial charge is 0.497 e. The summed E-state index contributed by atoms with van der Waals surface area (Å²) < 4.78 is 32.4. The Hall–Kier alpha value is -4.86. The Balaban J connectivity index is 1.56. The molecule has 0 radical (unpaired) electrons. The summed E-state index contributed by atoms with van der Waals surface area (Å²) in [6.07, 6.45) is 1.62. The SMILES string of the molecule is COc1ccc(/C(=C/C(=O)N2CCN(C(=O)c3cc(OC)c(OC)c(OC)c3)CC2)c2ccc(OC)c(OC)c2)cc1. The van der Waals surface area contributed by atoms with Crippen molar-refractivity contribution in [2.24, 2.45) is 0 Å². The van der Waals surface area contributed by atoms with Crippen LogP contribution in [0.15, 0.2) is 60.7 Å². The minimum absolute atomic E-state index is 0.157. The van der Waals surface area contributed by atoms with Crippen molar-refractivity contribution >= 4 is 17.4 Å². The van der Waals surface area contributed by atoms with Crippen LogP contribution in [0.4, 0.5) is 0 Å². The maximum Gasteiger partial charge on any atom is 0.254 e. The van der Waals surface area contributed by atoms with E-state index in [1.807, 2.05) is 42.5 Å². The maximum absolute atomic E-state index is 13.6. The fraction of sp³-hybridized carbons (Fsp3) is 0.312.